The molecular weight excluding hydrogens is 246 g/mol. The predicted octanol–water partition coefficient (Wildman–Crippen LogP) is 2.87. The summed E-state index contributed by atoms with van der Waals surface area (Å²) in [7, 11) is 0. The Hall–Kier alpha value is -1.51. The van der Waals surface area contributed by atoms with Gasteiger partial charge in [-0.1, -0.05) is 17.7 Å². The Morgan fingerprint density at radius 1 is 1.25 bits per heavy atom. The lowest BCUT2D eigenvalue weighted by Gasteiger charge is -2.39. The van der Waals surface area contributed by atoms with E-state index >= 15 is 0 Å². The zero-order chi connectivity index (χ0) is 14.5. The highest BCUT2D eigenvalue weighted by molar-refractivity contribution is 5.81. The van der Waals surface area contributed by atoms with Crippen molar-refractivity contribution in [2.45, 2.75) is 46.1 Å². The fourth-order valence-electron chi connectivity index (χ4n) is 3.76. The van der Waals surface area contributed by atoms with Gasteiger partial charge in [0.05, 0.1) is 12.1 Å². The number of aryl methyl sites for hydroxylation is 3. The number of aliphatic imine (C=N–C) groups is 1. The van der Waals surface area contributed by atoms with Gasteiger partial charge in [-0.15, -0.1) is 0 Å². The molecule has 0 spiro atoms. The van der Waals surface area contributed by atoms with Crippen LogP contribution < -0.4 is 5.73 Å². The van der Waals surface area contributed by atoms with Crippen molar-refractivity contribution in [1.29, 1.82) is 0 Å². The Bertz CT molecular complexity index is 549. The number of benzene rings is 1. The second-order valence-electron chi connectivity index (χ2n) is 6.78. The summed E-state index contributed by atoms with van der Waals surface area (Å²) < 4.78 is 0. The highest BCUT2D eigenvalue weighted by Crippen LogP contribution is 2.40. The Labute approximate surface area is 121 Å². The molecule has 1 aromatic rings. The fourth-order valence-corrected chi connectivity index (χ4v) is 3.76. The van der Waals surface area contributed by atoms with E-state index in [-0.39, 0.29) is 5.54 Å². The van der Waals surface area contributed by atoms with Crippen LogP contribution in [0.1, 0.15) is 42.0 Å². The summed E-state index contributed by atoms with van der Waals surface area (Å²) in [5.41, 5.74) is 11.6. The van der Waals surface area contributed by atoms with Crippen LogP contribution in [0.25, 0.3) is 0 Å². The lowest BCUT2D eigenvalue weighted by Crippen LogP contribution is -2.49. The number of guanidine groups is 1. The molecular formula is C17H25N3. The van der Waals surface area contributed by atoms with Gasteiger partial charge in [0.25, 0.3) is 0 Å². The third-order valence-electron chi connectivity index (χ3n) is 4.77. The first-order chi connectivity index (χ1) is 9.41. The normalized spacial score (nSPS) is 26.0. The maximum Gasteiger partial charge on any atom is 0.192 e. The van der Waals surface area contributed by atoms with E-state index in [4.69, 9.17) is 5.73 Å². The van der Waals surface area contributed by atoms with Crippen LogP contribution in [0.5, 0.6) is 0 Å². The van der Waals surface area contributed by atoms with E-state index in [1.54, 1.807) is 0 Å². The van der Waals surface area contributed by atoms with Gasteiger partial charge in [0.1, 0.15) is 0 Å². The van der Waals surface area contributed by atoms with E-state index in [2.05, 4.69) is 49.7 Å². The van der Waals surface area contributed by atoms with Gasteiger partial charge >= 0.3 is 0 Å². The van der Waals surface area contributed by atoms with Gasteiger partial charge in [-0.3, -0.25) is 4.99 Å². The van der Waals surface area contributed by atoms with Crippen LogP contribution in [0.15, 0.2) is 17.1 Å². The molecule has 0 radical (unpaired) electrons. The molecule has 0 aromatic heterocycles. The van der Waals surface area contributed by atoms with Crippen LogP contribution in [0.2, 0.25) is 0 Å². The van der Waals surface area contributed by atoms with Gasteiger partial charge in [-0.25, -0.2) is 0 Å². The van der Waals surface area contributed by atoms with Crippen LogP contribution >= 0.6 is 0 Å². The smallest absolute Gasteiger partial charge is 0.192 e. The molecule has 3 nitrogen and oxygen atoms in total. The molecule has 0 saturated heterocycles. The first kappa shape index (κ1) is 13.5. The average Bonchev–Trinajstić information content (AvgIpc) is 3.10. The van der Waals surface area contributed by atoms with E-state index in [0.29, 0.717) is 0 Å². The topological polar surface area (TPSA) is 41.6 Å². The minimum atomic E-state index is -0.0749. The summed E-state index contributed by atoms with van der Waals surface area (Å²) in [4.78, 5) is 6.90. The molecule has 3 rings (SSSR count). The summed E-state index contributed by atoms with van der Waals surface area (Å²) in [6, 6.07) is 4.55. The summed E-state index contributed by atoms with van der Waals surface area (Å²) >= 11 is 0. The quantitative estimate of drug-likeness (QED) is 0.918. The first-order valence-corrected chi connectivity index (χ1v) is 7.57. The minimum Gasteiger partial charge on any atom is -0.370 e. The molecule has 1 aliphatic heterocycles. The molecule has 20 heavy (non-hydrogen) atoms. The van der Waals surface area contributed by atoms with Crippen LogP contribution in [-0.4, -0.2) is 23.9 Å². The third kappa shape index (κ3) is 2.09. The highest BCUT2D eigenvalue weighted by atomic mass is 15.4. The highest BCUT2D eigenvalue weighted by Gasteiger charge is 2.43. The Balaban J connectivity index is 2.02. The van der Waals surface area contributed by atoms with E-state index in [0.717, 1.165) is 25.0 Å². The Morgan fingerprint density at radius 3 is 2.40 bits per heavy atom. The summed E-state index contributed by atoms with van der Waals surface area (Å²) in [5.74, 6) is 1.53. The van der Waals surface area contributed by atoms with Crippen molar-refractivity contribution in [2.75, 3.05) is 13.1 Å². The zero-order valence-electron chi connectivity index (χ0n) is 13.0. The number of nitrogens with zero attached hydrogens (tertiary/aromatic N) is 2. The first-order valence-electron chi connectivity index (χ1n) is 7.57. The lowest BCUT2D eigenvalue weighted by atomic mass is 9.83. The van der Waals surface area contributed by atoms with Crippen LogP contribution in [0.4, 0.5) is 0 Å². The van der Waals surface area contributed by atoms with Crippen molar-refractivity contribution in [2.24, 2.45) is 16.6 Å². The minimum absolute atomic E-state index is 0.0749. The van der Waals surface area contributed by atoms with E-state index in [1.165, 1.54) is 35.1 Å². The van der Waals surface area contributed by atoms with Crippen molar-refractivity contribution in [1.82, 2.24) is 4.90 Å². The molecule has 2 N–H and O–H groups in total. The zero-order valence-corrected chi connectivity index (χ0v) is 13.0. The van der Waals surface area contributed by atoms with Crippen molar-refractivity contribution >= 4 is 5.96 Å². The van der Waals surface area contributed by atoms with Gasteiger partial charge in [0.15, 0.2) is 5.96 Å². The molecule has 1 fully saturated rings. The largest absolute Gasteiger partial charge is 0.370 e. The number of nitrogens with two attached hydrogens (primary N) is 1. The maximum atomic E-state index is 6.17. The standard InChI is InChI=1S/C17H25N3/c1-11-7-12(2)15(13(3)8-11)17(4)10-19-16(18)20(17)9-14-5-6-14/h7-8,14H,5-6,9-10H2,1-4H3,(H2,18,19). The molecule has 0 bridgehead atoms. The van der Waals surface area contributed by atoms with E-state index < -0.39 is 0 Å². The summed E-state index contributed by atoms with van der Waals surface area (Å²) in [6.07, 6.45) is 2.68. The van der Waals surface area contributed by atoms with Gasteiger partial charge in [0.2, 0.25) is 0 Å². The molecule has 3 heteroatoms. The molecule has 1 aliphatic carbocycles. The Morgan fingerprint density at radius 2 is 1.85 bits per heavy atom. The molecule has 1 unspecified atom stereocenters. The SMILES string of the molecule is Cc1cc(C)c(C2(C)CN=C(N)N2CC2CC2)c(C)c1. The van der Waals surface area contributed by atoms with Crippen molar-refractivity contribution in [3.05, 3.63) is 34.4 Å². The van der Waals surface area contributed by atoms with Gasteiger partial charge in [-0.05, 0) is 63.1 Å². The number of hydrogen-bond acceptors (Lipinski definition) is 3. The lowest BCUT2D eigenvalue weighted by molar-refractivity contribution is 0.215. The number of rotatable bonds is 3. The van der Waals surface area contributed by atoms with Crippen molar-refractivity contribution in [3.63, 3.8) is 0 Å². The van der Waals surface area contributed by atoms with Crippen LogP contribution in [0, 0.1) is 26.7 Å². The molecule has 1 heterocycles. The van der Waals surface area contributed by atoms with Crippen LogP contribution in [-0.2, 0) is 5.54 Å². The molecule has 0 amide bonds. The Kier molecular flexibility index (Phi) is 3.03. The predicted molar refractivity (Wildman–Crippen MR) is 83.9 cm³/mol. The summed E-state index contributed by atoms with van der Waals surface area (Å²) in [5, 5.41) is 0. The van der Waals surface area contributed by atoms with E-state index in [9.17, 15) is 0 Å². The molecule has 1 saturated carbocycles. The molecule has 1 atom stereocenters. The fraction of sp³-hybridized carbons (Fsp3) is 0.588. The molecule has 2 aliphatic rings. The maximum absolute atomic E-state index is 6.17. The summed E-state index contributed by atoms with van der Waals surface area (Å²) in [6.45, 7) is 10.7. The molecule has 1 aromatic carbocycles. The average molecular weight is 271 g/mol. The van der Waals surface area contributed by atoms with Crippen molar-refractivity contribution < 1.29 is 0 Å². The third-order valence-corrected chi connectivity index (χ3v) is 4.77. The number of hydrogen-bond donors (Lipinski definition) is 1. The molecule has 108 valence electrons. The van der Waals surface area contributed by atoms with Crippen LogP contribution in [0.3, 0.4) is 0 Å². The second-order valence-corrected chi connectivity index (χ2v) is 6.78. The van der Waals surface area contributed by atoms with E-state index in [1.807, 2.05) is 0 Å². The second kappa shape index (κ2) is 4.51. The van der Waals surface area contributed by atoms with Gasteiger partial charge < -0.3 is 10.6 Å². The van der Waals surface area contributed by atoms with Gasteiger partial charge in [-0.2, -0.15) is 0 Å². The van der Waals surface area contributed by atoms with Gasteiger partial charge in [0, 0.05) is 6.54 Å². The monoisotopic (exact) mass is 271 g/mol. The van der Waals surface area contributed by atoms with Crippen molar-refractivity contribution in [3.8, 4) is 0 Å².